The van der Waals surface area contributed by atoms with E-state index in [2.05, 4.69) is 22.9 Å². The van der Waals surface area contributed by atoms with Crippen LogP contribution in [0.2, 0.25) is 0 Å². The van der Waals surface area contributed by atoms with E-state index in [0.29, 0.717) is 6.54 Å². The van der Waals surface area contributed by atoms with E-state index in [9.17, 15) is 0 Å². The summed E-state index contributed by atoms with van der Waals surface area (Å²) < 4.78 is 5.96. The van der Waals surface area contributed by atoms with E-state index in [0.717, 1.165) is 28.7 Å². The first kappa shape index (κ1) is 10.9. The highest BCUT2D eigenvalue weighted by molar-refractivity contribution is 5.88. The lowest BCUT2D eigenvalue weighted by molar-refractivity contribution is 0.594. The molecule has 0 N–H and O–H groups in total. The van der Waals surface area contributed by atoms with Crippen molar-refractivity contribution in [3.05, 3.63) is 41.7 Å². The van der Waals surface area contributed by atoms with Gasteiger partial charge in [0.15, 0.2) is 0 Å². The molecule has 0 saturated heterocycles. The van der Waals surface area contributed by atoms with Gasteiger partial charge in [0.05, 0.1) is 6.54 Å². The Morgan fingerprint density at radius 2 is 2.28 bits per heavy atom. The summed E-state index contributed by atoms with van der Waals surface area (Å²) in [6.45, 7) is 2.54. The van der Waals surface area contributed by atoms with Gasteiger partial charge in [-0.15, -0.1) is 0 Å². The number of hydrogen-bond donors (Lipinski definition) is 0. The Morgan fingerprint density at radius 1 is 1.39 bits per heavy atom. The quantitative estimate of drug-likeness (QED) is 0.578. The van der Waals surface area contributed by atoms with Gasteiger partial charge >= 0.3 is 0 Å². The van der Waals surface area contributed by atoms with Crippen molar-refractivity contribution in [3.63, 3.8) is 0 Å². The Labute approximate surface area is 106 Å². The van der Waals surface area contributed by atoms with Crippen molar-refractivity contribution in [2.75, 3.05) is 6.54 Å². The molecular formula is C16H13NO. The van der Waals surface area contributed by atoms with Crippen LogP contribution >= 0.6 is 0 Å². The molecule has 0 unspecified atom stereocenters. The minimum absolute atomic E-state index is 0.623. The van der Waals surface area contributed by atoms with E-state index < -0.39 is 0 Å². The lowest BCUT2D eigenvalue weighted by Gasteiger charge is -2.00. The van der Waals surface area contributed by atoms with Crippen molar-refractivity contribution < 1.29 is 4.42 Å². The van der Waals surface area contributed by atoms with E-state index in [1.807, 2.05) is 37.4 Å². The number of furan rings is 1. The van der Waals surface area contributed by atoms with Crippen molar-refractivity contribution in [2.24, 2.45) is 4.99 Å². The second-order valence-electron chi connectivity index (χ2n) is 4.17. The molecule has 1 heterocycles. The molecule has 2 heteroatoms. The number of aliphatic imine (C=N–C) groups is 1. The molecule has 2 aromatic rings. The molecule has 1 aliphatic rings. The third-order valence-corrected chi connectivity index (χ3v) is 3.05. The summed E-state index contributed by atoms with van der Waals surface area (Å²) in [5, 5.41) is 1.16. The maximum atomic E-state index is 5.96. The maximum absolute atomic E-state index is 5.96. The Morgan fingerprint density at radius 3 is 3.17 bits per heavy atom. The van der Waals surface area contributed by atoms with Crippen LogP contribution in [0.4, 0.5) is 0 Å². The lowest BCUT2D eigenvalue weighted by Crippen LogP contribution is -1.91. The van der Waals surface area contributed by atoms with Gasteiger partial charge < -0.3 is 4.42 Å². The van der Waals surface area contributed by atoms with Gasteiger partial charge in [-0.3, -0.25) is 4.99 Å². The number of hydrogen-bond acceptors (Lipinski definition) is 2. The smallest absolute Gasteiger partial charge is 0.138 e. The topological polar surface area (TPSA) is 25.5 Å². The van der Waals surface area contributed by atoms with Gasteiger partial charge in [0.2, 0.25) is 0 Å². The Balaban J connectivity index is 2.18. The van der Waals surface area contributed by atoms with Gasteiger partial charge in [0, 0.05) is 22.9 Å². The summed E-state index contributed by atoms with van der Waals surface area (Å²) >= 11 is 0. The highest BCUT2D eigenvalue weighted by Crippen LogP contribution is 2.31. The van der Waals surface area contributed by atoms with E-state index >= 15 is 0 Å². The zero-order valence-electron chi connectivity index (χ0n) is 10.2. The van der Waals surface area contributed by atoms with Crippen LogP contribution in [-0.4, -0.2) is 12.8 Å². The molecule has 3 rings (SSSR count). The summed E-state index contributed by atoms with van der Waals surface area (Å²) in [5.74, 6) is 7.14. The molecule has 88 valence electrons. The first-order valence-corrected chi connectivity index (χ1v) is 6.03. The number of rotatable bonds is 2. The van der Waals surface area contributed by atoms with Gasteiger partial charge in [-0.05, 0) is 25.3 Å². The molecule has 0 radical (unpaired) electrons. The molecule has 0 aliphatic heterocycles. The van der Waals surface area contributed by atoms with Gasteiger partial charge in [0.25, 0.3) is 0 Å². The zero-order chi connectivity index (χ0) is 12.4. The van der Waals surface area contributed by atoms with E-state index in [4.69, 9.17) is 4.42 Å². The largest absolute Gasteiger partial charge is 0.456 e. The van der Waals surface area contributed by atoms with Crippen molar-refractivity contribution in [2.45, 2.75) is 13.3 Å². The molecule has 0 atom stereocenters. The average Bonchev–Trinajstić information content (AvgIpc) is 2.65. The number of allylic oxidation sites excluding steroid dienone is 1. The molecular weight excluding hydrogens is 222 g/mol. The molecule has 0 spiro atoms. The monoisotopic (exact) mass is 235 g/mol. The first-order valence-electron chi connectivity index (χ1n) is 6.03. The number of fused-ring (bicyclic) bond motifs is 3. The third kappa shape index (κ3) is 1.74. The summed E-state index contributed by atoms with van der Waals surface area (Å²) in [6.07, 6.45) is 4.46. The van der Waals surface area contributed by atoms with E-state index in [1.165, 1.54) is 5.56 Å². The molecule has 2 nitrogen and oxygen atoms in total. The van der Waals surface area contributed by atoms with Crippen molar-refractivity contribution in [1.29, 1.82) is 0 Å². The fourth-order valence-corrected chi connectivity index (χ4v) is 2.18. The Hall–Kier alpha value is -2.27. The lowest BCUT2D eigenvalue weighted by atomic mass is 10.0. The van der Waals surface area contributed by atoms with Gasteiger partial charge in [-0.1, -0.05) is 30.0 Å². The predicted molar refractivity (Wildman–Crippen MR) is 74.7 cm³/mol. The van der Waals surface area contributed by atoms with Crippen LogP contribution < -0.4 is 0 Å². The highest BCUT2D eigenvalue weighted by Gasteiger charge is 2.17. The summed E-state index contributed by atoms with van der Waals surface area (Å²) in [5.41, 5.74) is 3.18. The van der Waals surface area contributed by atoms with Gasteiger partial charge in [0.1, 0.15) is 11.3 Å². The molecule has 1 aromatic carbocycles. The molecule has 0 amide bonds. The second-order valence-corrected chi connectivity index (χ2v) is 4.17. The normalized spacial score (nSPS) is 13.9. The van der Waals surface area contributed by atoms with Crippen LogP contribution in [0.25, 0.3) is 16.5 Å². The molecule has 18 heavy (non-hydrogen) atoms. The van der Waals surface area contributed by atoms with E-state index in [1.54, 1.807) is 0 Å². The predicted octanol–water partition coefficient (Wildman–Crippen LogP) is 3.47. The molecule has 0 fully saturated rings. The molecule has 1 aromatic heterocycles. The Bertz CT molecular complexity index is 708. The van der Waals surface area contributed by atoms with Crippen molar-refractivity contribution >= 4 is 22.8 Å². The maximum Gasteiger partial charge on any atom is 0.138 e. The third-order valence-electron chi connectivity index (χ3n) is 3.05. The highest BCUT2D eigenvalue weighted by atomic mass is 16.3. The van der Waals surface area contributed by atoms with Crippen LogP contribution in [0.5, 0.6) is 0 Å². The van der Waals surface area contributed by atoms with Crippen LogP contribution in [0.15, 0.2) is 39.8 Å². The van der Waals surface area contributed by atoms with E-state index in [-0.39, 0.29) is 0 Å². The summed E-state index contributed by atoms with van der Waals surface area (Å²) in [4.78, 5) is 4.29. The van der Waals surface area contributed by atoms with Gasteiger partial charge in [-0.25, -0.2) is 0 Å². The van der Waals surface area contributed by atoms with Crippen LogP contribution in [0, 0.1) is 11.8 Å². The fraction of sp³-hybridized carbons (Fsp3) is 0.188. The van der Waals surface area contributed by atoms with Crippen LogP contribution in [0.1, 0.15) is 18.2 Å². The molecule has 0 bridgehead atoms. The Kier molecular flexibility index (Phi) is 2.74. The average molecular weight is 235 g/mol. The van der Waals surface area contributed by atoms with Crippen molar-refractivity contribution in [1.82, 2.24) is 0 Å². The number of para-hydroxylation sites is 1. The molecule has 0 saturated carbocycles. The summed E-state index contributed by atoms with van der Waals surface area (Å²) in [7, 11) is 0. The first-order chi connectivity index (χ1) is 8.90. The fourth-order valence-electron chi connectivity index (χ4n) is 2.18. The zero-order valence-corrected chi connectivity index (χ0v) is 10.2. The summed E-state index contributed by atoms with van der Waals surface area (Å²) in [6, 6.07) is 8.11. The minimum atomic E-state index is 0.623. The minimum Gasteiger partial charge on any atom is -0.456 e. The standard InChI is InChI=1S/C16H13NO/c1-2-17-11-12-7-3-4-9-14-13-8-5-6-10-15(13)18-16(12)14/h2,5-8,10H,9,11H2,1H3. The molecule has 1 aliphatic carbocycles. The van der Waals surface area contributed by atoms with Crippen molar-refractivity contribution in [3.8, 4) is 11.8 Å². The van der Waals surface area contributed by atoms with Gasteiger partial charge in [-0.2, -0.15) is 0 Å². The SMILES string of the molecule is CC=NCC1=CC#CCc2c1oc1ccccc21. The van der Waals surface area contributed by atoms with Crippen LogP contribution in [0.3, 0.4) is 0 Å². The second kappa shape index (κ2) is 4.54. The van der Waals surface area contributed by atoms with Crippen LogP contribution in [-0.2, 0) is 6.42 Å². The number of nitrogens with zero attached hydrogens (tertiary/aromatic N) is 1. The number of benzene rings is 1.